The summed E-state index contributed by atoms with van der Waals surface area (Å²) in [7, 11) is 0. The summed E-state index contributed by atoms with van der Waals surface area (Å²) in [6.45, 7) is 9.94. The zero-order valence-corrected chi connectivity index (χ0v) is 11.8. The highest BCUT2D eigenvalue weighted by atomic mass is 16.5. The molecule has 1 aliphatic rings. The van der Waals surface area contributed by atoms with Crippen LogP contribution in [0.2, 0.25) is 0 Å². The molecule has 0 amide bonds. The minimum absolute atomic E-state index is 0.320. The molecule has 1 heterocycles. The molecular weight excluding hydrogens is 222 g/mol. The highest BCUT2D eigenvalue weighted by molar-refractivity contribution is 5.39. The van der Waals surface area contributed by atoms with Crippen LogP contribution >= 0.6 is 0 Å². The van der Waals surface area contributed by atoms with Crippen LogP contribution in [0.4, 0.5) is 0 Å². The van der Waals surface area contributed by atoms with Gasteiger partial charge < -0.3 is 10.1 Å². The predicted molar refractivity (Wildman–Crippen MR) is 76.2 cm³/mol. The van der Waals surface area contributed by atoms with E-state index in [1.54, 1.807) is 0 Å². The maximum Gasteiger partial charge on any atom is 0.122 e. The van der Waals surface area contributed by atoms with Gasteiger partial charge in [-0.2, -0.15) is 0 Å². The molecule has 1 aromatic carbocycles. The van der Waals surface area contributed by atoms with E-state index in [9.17, 15) is 0 Å². The van der Waals surface area contributed by atoms with Crippen LogP contribution in [0, 0.1) is 5.41 Å². The fourth-order valence-electron chi connectivity index (χ4n) is 2.74. The van der Waals surface area contributed by atoms with Crippen LogP contribution in [0.3, 0.4) is 0 Å². The fourth-order valence-corrected chi connectivity index (χ4v) is 2.74. The van der Waals surface area contributed by atoms with E-state index in [4.69, 9.17) is 4.74 Å². The molecule has 100 valence electrons. The molecule has 0 bridgehead atoms. The van der Waals surface area contributed by atoms with Gasteiger partial charge in [0.1, 0.15) is 5.75 Å². The van der Waals surface area contributed by atoms with Gasteiger partial charge in [-0.15, -0.1) is 0 Å². The van der Waals surface area contributed by atoms with Crippen LogP contribution < -0.4 is 10.1 Å². The fraction of sp³-hybridized carbons (Fsp3) is 0.625. The molecule has 0 saturated heterocycles. The molecule has 0 aromatic heterocycles. The van der Waals surface area contributed by atoms with Crippen molar-refractivity contribution in [1.29, 1.82) is 0 Å². The van der Waals surface area contributed by atoms with E-state index in [-0.39, 0.29) is 0 Å². The van der Waals surface area contributed by atoms with Crippen molar-refractivity contribution in [3.05, 3.63) is 29.8 Å². The van der Waals surface area contributed by atoms with Crippen LogP contribution in [-0.2, 0) is 0 Å². The minimum atomic E-state index is 0.320. The molecule has 1 atom stereocenters. The Balaban J connectivity index is 1.94. The highest BCUT2D eigenvalue weighted by Crippen LogP contribution is 2.40. The number of fused-ring (bicyclic) bond motifs is 1. The summed E-state index contributed by atoms with van der Waals surface area (Å²) in [5.41, 5.74) is 1.71. The van der Waals surface area contributed by atoms with Gasteiger partial charge in [0.05, 0.1) is 6.61 Å². The third kappa shape index (κ3) is 3.26. The second-order valence-electron chi connectivity index (χ2n) is 6.09. The van der Waals surface area contributed by atoms with E-state index in [1.807, 2.05) is 0 Å². The topological polar surface area (TPSA) is 21.3 Å². The molecular formula is C16H25NO. The summed E-state index contributed by atoms with van der Waals surface area (Å²) >= 11 is 0. The van der Waals surface area contributed by atoms with Crippen LogP contribution in [-0.4, -0.2) is 19.7 Å². The van der Waals surface area contributed by atoms with Gasteiger partial charge in [0, 0.05) is 18.0 Å². The Bertz CT molecular complexity index is 386. The zero-order valence-electron chi connectivity index (χ0n) is 11.8. The van der Waals surface area contributed by atoms with Crippen LogP contribution in [0.1, 0.15) is 45.1 Å². The molecule has 1 aliphatic heterocycles. The zero-order chi connectivity index (χ0) is 13.0. The molecule has 1 aromatic rings. The molecule has 0 fully saturated rings. The average molecular weight is 247 g/mol. The summed E-state index contributed by atoms with van der Waals surface area (Å²) in [5.74, 6) is 1.64. The van der Waals surface area contributed by atoms with Gasteiger partial charge in [-0.25, -0.2) is 0 Å². The van der Waals surface area contributed by atoms with Crippen molar-refractivity contribution in [2.24, 2.45) is 5.41 Å². The molecule has 0 saturated carbocycles. The quantitative estimate of drug-likeness (QED) is 0.776. The van der Waals surface area contributed by atoms with E-state index in [2.05, 4.69) is 50.4 Å². The number of para-hydroxylation sites is 1. The standard InChI is InChI=1S/C16H25NO/c1-4-9-17-12-16(2,3)10-13-11-18-15-8-6-5-7-14(13)15/h5-8,13,17H,4,9-12H2,1-3H3. The van der Waals surface area contributed by atoms with Crippen molar-refractivity contribution in [2.75, 3.05) is 19.7 Å². The van der Waals surface area contributed by atoms with Crippen molar-refractivity contribution >= 4 is 0 Å². The molecule has 2 nitrogen and oxygen atoms in total. The Morgan fingerprint density at radius 2 is 2.11 bits per heavy atom. The van der Waals surface area contributed by atoms with Gasteiger partial charge in [0.25, 0.3) is 0 Å². The van der Waals surface area contributed by atoms with Gasteiger partial charge in [-0.3, -0.25) is 0 Å². The maximum atomic E-state index is 5.76. The van der Waals surface area contributed by atoms with E-state index in [0.717, 1.165) is 25.4 Å². The van der Waals surface area contributed by atoms with E-state index in [1.165, 1.54) is 18.4 Å². The van der Waals surface area contributed by atoms with Crippen molar-refractivity contribution < 1.29 is 4.74 Å². The SMILES string of the molecule is CCCNCC(C)(C)CC1COc2ccccc21. The highest BCUT2D eigenvalue weighted by Gasteiger charge is 2.29. The third-order valence-corrected chi connectivity index (χ3v) is 3.63. The molecule has 1 unspecified atom stereocenters. The molecule has 18 heavy (non-hydrogen) atoms. The predicted octanol–water partition coefficient (Wildman–Crippen LogP) is 3.58. The summed E-state index contributed by atoms with van der Waals surface area (Å²) in [6, 6.07) is 8.46. The molecule has 0 spiro atoms. The van der Waals surface area contributed by atoms with Crippen molar-refractivity contribution in [3.63, 3.8) is 0 Å². The maximum absolute atomic E-state index is 5.76. The number of benzene rings is 1. The first kappa shape index (κ1) is 13.4. The lowest BCUT2D eigenvalue weighted by Crippen LogP contribution is -2.31. The smallest absolute Gasteiger partial charge is 0.122 e. The van der Waals surface area contributed by atoms with Crippen molar-refractivity contribution in [3.8, 4) is 5.75 Å². The average Bonchev–Trinajstić information content (AvgIpc) is 2.72. The first-order valence-electron chi connectivity index (χ1n) is 7.05. The normalized spacial score (nSPS) is 18.5. The van der Waals surface area contributed by atoms with E-state index < -0.39 is 0 Å². The van der Waals surface area contributed by atoms with Crippen molar-refractivity contribution in [1.82, 2.24) is 5.32 Å². The second-order valence-corrected chi connectivity index (χ2v) is 6.09. The van der Waals surface area contributed by atoms with Gasteiger partial charge in [0.2, 0.25) is 0 Å². The Morgan fingerprint density at radius 1 is 1.33 bits per heavy atom. The Morgan fingerprint density at radius 3 is 2.89 bits per heavy atom. The summed E-state index contributed by atoms with van der Waals surface area (Å²) in [4.78, 5) is 0. The Labute approximate surface area is 111 Å². The molecule has 2 heteroatoms. The Hall–Kier alpha value is -1.02. The second kappa shape index (κ2) is 5.75. The number of ether oxygens (including phenoxy) is 1. The third-order valence-electron chi connectivity index (χ3n) is 3.63. The van der Waals surface area contributed by atoms with E-state index in [0.29, 0.717) is 11.3 Å². The first-order chi connectivity index (χ1) is 8.62. The summed E-state index contributed by atoms with van der Waals surface area (Å²) in [5, 5.41) is 3.53. The van der Waals surface area contributed by atoms with Crippen molar-refractivity contribution in [2.45, 2.75) is 39.5 Å². The molecule has 1 N–H and O–H groups in total. The lowest BCUT2D eigenvalue weighted by molar-refractivity contribution is 0.252. The molecule has 0 radical (unpaired) electrons. The summed E-state index contributed by atoms with van der Waals surface area (Å²) < 4.78 is 5.76. The van der Waals surface area contributed by atoms with Gasteiger partial charge >= 0.3 is 0 Å². The number of rotatable bonds is 6. The number of nitrogens with one attached hydrogen (secondary N) is 1. The van der Waals surface area contributed by atoms with Gasteiger partial charge in [0.15, 0.2) is 0 Å². The monoisotopic (exact) mass is 247 g/mol. The van der Waals surface area contributed by atoms with Crippen LogP contribution in [0.15, 0.2) is 24.3 Å². The number of hydrogen-bond acceptors (Lipinski definition) is 2. The van der Waals surface area contributed by atoms with E-state index >= 15 is 0 Å². The first-order valence-corrected chi connectivity index (χ1v) is 7.05. The van der Waals surface area contributed by atoms with Crippen LogP contribution in [0.5, 0.6) is 5.75 Å². The van der Waals surface area contributed by atoms with Crippen LogP contribution in [0.25, 0.3) is 0 Å². The van der Waals surface area contributed by atoms with Gasteiger partial charge in [-0.05, 0) is 30.9 Å². The lowest BCUT2D eigenvalue weighted by Gasteiger charge is -2.28. The minimum Gasteiger partial charge on any atom is -0.493 e. The summed E-state index contributed by atoms with van der Waals surface area (Å²) in [6.07, 6.45) is 2.38. The van der Waals surface area contributed by atoms with Gasteiger partial charge in [-0.1, -0.05) is 39.0 Å². The largest absolute Gasteiger partial charge is 0.493 e. The molecule has 0 aliphatic carbocycles. The number of hydrogen-bond donors (Lipinski definition) is 1. The molecule has 2 rings (SSSR count). The Kier molecular flexibility index (Phi) is 4.28. The lowest BCUT2D eigenvalue weighted by atomic mass is 9.80.